The molecule has 0 fully saturated rings. The van der Waals surface area contributed by atoms with Gasteiger partial charge in [0.15, 0.2) is 0 Å². The van der Waals surface area contributed by atoms with Crippen molar-refractivity contribution < 1.29 is 4.74 Å². The SMILES string of the molecule is COC(C)c1ncc(C2=CCN(C)CC2)cc1C. The molecule has 0 bridgehead atoms. The first-order valence-electron chi connectivity index (χ1n) is 6.49. The zero-order chi connectivity index (χ0) is 13.1. The first-order chi connectivity index (χ1) is 8.61. The molecule has 1 aromatic rings. The fraction of sp³-hybridized carbons (Fsp3) is 0.533. The number of ether oxygens (including phenoxy) is 1. The number of aryl methyl sites for hydroxylation is 1. The Labute approximate surface area is 109 Å². The highest BCUT2D eigenvalue weighted by Gasteiger charge is 2.13. The van der Waals surface area contributed by atoms with Gasteiger partial charge in [-0.3, -0.25) is 4.98 Å². The second-order valence-corrected chi connectivity index (χ2v) is 5.05. The minimum absolute atomic E-state index is 0.0607. The molecule has 3 nitrogen and oxygen atoms in total. The van der Waals surface area contributed by atoms with Crippen molar-refractivity contribution in [2.45, 2.75) is 26.4 Å². The number of rotatable bonds is 3. The lowest BCUT2D eigenvalue weighted by Gasteiger charge is -2.22. The molecule has 0 amide bonds. The number of hydrogen-bond acceptors (Lipinski definition) is 3. The predicted octanol–water partition coefficient (Wildman–Crippen LogP) is 2.82. The highest BCUT2D eigenvalue weighted by atomic mass is 16.5. The minimum Gasteiger partial charge on any atom is -0.375 e. The number of methoxy groups -OCH3 is 1. The van der Waals surface area contributed by atoms with Crippen LogP contribution in [0.5, 0.6) is 0 Å². The van der Waals surface area contributed by atoms with Crippen LogP contribution in [0.25, 0.3) is 5.57 Å². The molecular formula is C15H22N2O. The van der Waals surface area contributed by atoms with Gasteiger partial charge in [0.25, 0.3) is 0 Å². The van der Waals surface area contributed by atoms with E-state index in [4.69, 9.17) is 4.74 Å². The van der Waals surface area contributed by atoms with Gasteiger partial charge in [-0.25, -0.2) is 0 Å². The highest BCUT2D eigenvalue weighted by Crippen LogP contribution is 2.25. The average Bonchev–Trinajstić information content (AvgIpc) is 2.38. The maximum absolute atomic E-state index is 5.33. The van der Waals surface area contributed by atoms with Crippen LogP contribution in [0.4, 0.5) is 0 Å². The maximum atomic E-state index is 5.33. The Morgan fingerprint density at radius 1 is 1.44 bits per heavy atom. The van der Waals surface area contributed by atoms with Gasteiger partial charge < -0.3 is 9.64 Å². The Kier molecular flexibility index (Phi) is 4.15. The van der Waals surface area contributed by atoms with Crippen LogP contribution in [0.2, 0.25) is 0 Å². The third-order valence-electron chi connectivity index (χ3n) is 3.64. The van der Waals surface area contributed by atoms with E-state index in [0.29, 0.717) is 0 Å². The summed E-state index contributed by atoms with van der Waals surface area (Å²) >= 11 is 0. The van der Waals surface area contributed by atoms with Gasteiger partial charge >= 0.3 is 0 Å². The van der Waals surface area contributed by atoms with Crippen LogP contribution in [0.15, 0.2) is 18.3 Å². The molecule has 0 saturated heterocycles. The van der Waals surface area contributed by atoms with Crippen molar-refractivity contribution in [3.8, 4) is 0 Å². The lowest BCUT2D eigenvalue weighted by Crippen LogP contribution is -2.23. The number of hydrogen-bond donors (Lipinski definition) is 0. The van der Waals surface area contributed by atoms with Gasteiger partial charge in [-0.15, -0.1) is 0 Å². The smallest absolute Gasteiger partial charge is 0.0965 e. The number of aromatic nitrogens is 1. The van der Waals surface area contributed by atoms with E-state index in [1.807, 2.05) is 13.1 Å². The molecule has 1 aromatic heterocycles. The summed E-state index contributed by atoms with van der Waals surface area (Å²) in [7, 11) is 3.87. The third-order valence-corrected chi connectivity index (χ3v) is 3.64. The van der Waals surface area contributed by atoms with Gasteiger partial charge in [0, 0.05) is 26.4 Å². The van der Waals surface area contributed by atoms with Crippen molar-refractivity contribution in [2.75, 3.05) is 27.2 Å². The van der Waals surface area contributed by atoms with Crippen molar-refractivity contribution in [3.05, 3.63) is 35.2 Å². The van der Waals surface area contributed by atoms with Crippen molar-refractivity contribution >= 4 is 5.57 Å². The van der Waals surface area contributed by atoms with Gasteiger partial charge in [0.1, 0.15) is 0 Å². The Morgan fingerprint density at radius 2 is 2.22 bits per heavy atom. The molecule has 0 radical (unpaired) electrons. The molecule has 1 unspecified atom stereocenters. The molecule has 98 valence electrons. The maximum Gasteiger partial charge on any atom is 0.0965 e. The Hall–Kier alpha value is -1.19. The van der Waals surface area contributed by atoms with Gasteiger partial charge in [0.05, 0.1) is 11.8 Å². The van der Waals surface area contributed by atoms with E-state index >= 15 is 0 Å². The molecule has 0 spiro atoms. The molecule has 1 aliphatic heterocycles. The minimum atomic E-state index is 0.0607. The topological polar surface area (TPSA) is 25.4 Å². The summed E-state index contributed by atoms with van der Waals surface area (Å²) in [6.45, 7) is 6.30. The fourth-order valence-electron chi connectivity index (χ4n) is 2.33. The van der Waals surface area contributed by atoms with Crippen LogP contribution >= 0.6 is 0 Å². The number of nitrogens with zero attached hydrogens (tertiary/aromatic N) is 2. The van der Waals surface area contributed by atoms with E-state index in [-0.39, 0.29) is 6.10 Å². The monoisotopic (exact) mass is 246 g/mol. The van der Waals surface area contributed by atoms with Gasteiger partial charge in [0.2, 0.25) is 0 Å². The molecule has 2 rings (SSSR count). The number of likely N-dealkylation sites (N-methyl/N-ethyl adjacent to an activating group) is 1. The molecular weight excluding hydrogens is 224 g/mol. The summed E-state index contributed by atoms with van der Waals surface area (Å²) < 4.78 is 5.33. The molecule has 3 heteroatoms. The van der Waals surface area contributed by atoms with Gasteiger partial charge in [-0.1, -0.05) is 6.08 Å². The first kappa shape index (κ1) is 13.2. The second kappa shape index (κ2) is 5.63. The molecule has 0 aliphatic carbocycles. The predicted molar refractivity (Wildman–Crippen MR) is 74.5 cm³/mol. The molecule has 2 heterocycles. The summed E-state index contributed by atoms with van der Waals surface area (Å²) in [4.78, 5) is 6.89. The van der Waals surface area contributed by atoms with E-state index in [1.54, 1.807) is 7.11 Å². The lowest BCUT2D eigenvalue weighted by atomic mass is 9.98. The molecule has 18 heavy (non-hydrogen) atoms. The van der Waals surface area contributed by atoms with Crippen LogP contribution in [0.3, 0.4) is 0 Å². The van der Waals surface area contributed by atoms with Gasteiger partial charge in [-0.2, -0.15) is 0 Å². The summed E-state index contributed by atoms with van der Waals surface area (Å²) in [5.41, 5.74) is 4.92. The normalized spacial score (nSPS) is 18.6. The van der Waals surface area contributed by atoms with E-state index in [2.05, 4.69) is 36.0 Å². The fourth-order valence-corrected chi connectivity index (χ4v) is 2.33. The zero-order valence-electron chi connectivity index (χ0n) is 11.7. The quantitative estimate of drug-likeness (QED) is 0.820. The molecule has 0 saturated carbocycles. The molecule has 0 aromatic carbocycles. The van der Waals surface area contributed by atoms with E-state index in [1.165, 1.54) is 16.7 Å². The van der Waals surface area contributed by atoms with Crippen molar-refractivity contribution in [1.29, 1.82) is 0 Å². The molecule has 1 atom stereocenters. The standard InChI is InChI=1S/C15H22N2O/c1-11-9-14(10-16-15(11)12(2)18-4)13-5-7-17(3)8-6-13/h5,9-10,12H,6-8H2,1-4H3. The van der Waals surface area contributed by atoms with E-state index < -0.39 is 0 Å². The summed E-state index contributed by atoms with van der Waals surface area (Å²) in [6, 6.07) is 2.23. The Bertz CT molecular complexity index is 454. The zero-order valence-corrected chi connectivity index (χ0v) is 11.7. The Balaban J connectivity index is 2.24. The van der Waals surface area contributed by atoms with Gasteiger partial charge in [-0.05, 0) is 50.1 Å². The van der Waals surface area contributed by atoms with E-state index in [0.717, 1.165) is 25.2 Å². The van der Waals surface area contributed by atoms with Crippen LogP contribution < -0.4 is 0 Å². The van der Waals surface area contributed by atoms with Crippen LogP contribution in [-0.4, -0.2) is 37.1 Å². The van der Waals surface area contributed by atoms with Crippen molar-refractivity contribution in [1.82, 2.24) is 9.88 Å². The molecule has 0 N–H and O–H groups in total. The summed E-state index contributed by atoms with van der Waals surface area (Å²) in [5, 5.41) is 0. The molecule has 1 aliphatic rings. The Morgan fingerprint density at radius 3 is 2.78 bits per heavy atom. The van der Waals surface area contributed by atoms with Crippen LogP contribution in [-0.2, 0) is 4.74 Å². The summed E-state index contributed by atoms with van der Waals surface area (Å²) in [6.07, 6.45) is 5.45. The van der Waals surface area contributed by atoms with Crippen LogP contribution in [0, 0.1) is 6.92 Å². The summed E-state index contributed by atoms with van der Waals surface area (Å²) in [5.74, 6) is 0. The largest absolute Gasteiger partial charge is 0.375 e. The average molecular weight is 246 g/mol. The van der Waals surface area contributed by atoms with E-state index in [9.17, 15) is 0 Å². The van der Waals surface area contributed by atoms with Crippen LogP contribution in [0.1, 0.15) is 36.3 Å². The number of pyridine rings is 1. The first-order valence-corrected chi connectivity index (χ1v) is 6.49. The second-order valence-electron chi connectivity index (χ2n) is 5.05. The van der Waals surface area contributed by atoms with Crippen molar-refractivity contribution in [2.24, 2.45) is 0 Å². The van der Waals surface area contributed by atoms with Crippen molar-refractivity contribution in [3.63, 3.8) is 0 Å². The highest BCUT2D eigenvalue weighted by molar-refractivity contribution is 5.66. The third kappa shape index (κ3) is 2.79. The lowest BCUT2D eigenvalue weighted by molar-refractivity contribution is 0.115.